The molecule has 118 valence electrons. The number of benzene rings is 1. The van der Waals surface area contributed by atoms with E-state index in [1.54, 1.807) is 4.90 Å². The zero-order valence-electron chi connectivity index (χ0n) is 12.4. The molecule has 1 saturated heterocycles. The average Bonchev–Trinajstić information content (AvgIpc) is 2.62. The van der Waals surface area contributed by atoms with Gasteiger partial charge in [0.2, 0.25) is 0 Å². The maximum Gasteiger partial charge on any atom is 0.356 e. The monoisotopic (exact) mass is 312 g/mol. The van der Waals surface area contributed by atoms with E-state index < -0.39 is 5.97 Å². The summed E-state index contributed by atoms with van der Waals surface area (Å²) in [4.78, 5) is 34.7. The van der Waals surface area contributed by atoms with Gasteiger partial charge in [0.1, 0.15) is 5.69 Å². The first kappa shape index (κ1) is 15.0. The molecule has 0 saturated carbocycles. The van der Waals surface area contributed by atoms with E-state index >= 15 is 0 Å². The van der Waals surface area contributed by atoms with Crippen LogP contribution in [0.5, 0.6) is 0 Å². The molecule has 7 heteroatoms. The number of para-hydroxylation sites is 1. The second kappa shape index (κ2) is 6.43. The molecule has 1 fully saturated rings. The van der Waals surface area contributed by atoms with E-state index in [-0.39, 0.29) is 17.3 Å². The van der Waals surface area contributed by atoms with Gasteiger partial charge in [0.05, 0.1) is 12.4 Å². The Hall–Kier alpha value is -2.96. The number of hydrogen-bond acceptors (Lipinski definition) is 5. The van der Waals surface area contributed by atoms with Crippen molar-refractivity contribution < 1.29 is 14.7 Å². The Bertz CT molecular complexity index is 695. The number of aromatic nitrogens is 2. The van der Waals surface area contributed by atoms with Gasteiger partial charge in [-0.3, -0.25) is 4.79 Å². The summed E-state index contributed by atoms with van der Waals surface area (Å²) in [6.45, 7) is 2.68. The van der Waals surface area contributed by atoms with Crippen LogP contribution in [0, 0.1) is 0 Å². The molecule has 3 rings (SSSR count). The SMILES string of the molecule is O=C(O)c1cnc(C(=O)N2CCN(c3ccccc3)CC2)cn1. The number of nitrogens with zero attached hydrogens (tertiary/aromatic N) is 4. The molecule has 0 bridgehead atoms. The molecule has 0 radical (unpaired) electrons. The van der Waals surface area contributed by atoms with Crippen molar-refractivity contribution >= 4 is 17.6 Å². The number of piperazine rings is 1. The molecule has 0 aliphatic carbocycles. The smallest absolute Gasteiger partial charge is 0.356 e. The van der Waals surface area contributed by atoms with Gasteiger partial charge < -0.3 is 14.9 Å². The van der Waals surface area contributed by atoms with Gasteiger partial charge in [-0.1, -0.05) is 18.2 Å². The summed E-state index contributed by atoms with van der Waals surface area (Å²) >= 11 is 0. The second-order valence-electron chi connectivity index (χ2n) is 5.21. The number of anilines is 1. The number of carboxylic acids is 1. The first-order valence-electron chi connectivity index (χ1n) is 7.30. The van der Waals surface area contributed by atoms with Crippen LogP contribution >= 0.6 is 0 Å². The van der Waals surface area contributed by atoms with Gasteiger partial charge in [0.25, 0.3) is 5.91 Å². The van der Waals surface area contributed by atoms with Gasteiger partial charge in [-0.25, -0.2) is 14.8 Å². The van der Waals surface area contributed by atoms with Crippen LogP contribution in [0.15, 0.2) is 42.7 Å². The minimum atomic E-state index is -1.16. The van der Waals surface area contributed by atoms with Gasteiger partial charge in [0, 0.05) is 31.9 Å². The molecule has 2 heterocycles. The minimum absolute atomic E-state index is 0.170. The van der Waals surface area contributed by atoms with Crippen molar-refractivity contribution in [1.29, 1.82) is 0 Å². The summed E-state index contributed by atoms with van der Waals surface area (Å²) in [7, 11) is 0. The molecule has 2 aromatic rings. The molecule has 23 heavy (non-hydrogen) atoms. The van der Waals surface area contributed by atoms with Gasteiger partial charge in [0.15, 0.2) is 5.69 Å². The summed E-state index contributed by atoms with van der Waals surface area (Å²) in [5.74, 6) is -1.38. The average molecular weight is 312 g/mol. The highest BCUT2D eigenvalue weighted by Gasteiger charge is 2.23. The van der Waals surface area contributed by atoms with E-state index in [0.717, 1.165) is 25.0 Å². The molecule has 0 spiro atoms. The summed E-state index contributed by atoms with van der Waals surface area (Å²) in [5.41, 5.74) is 1.14. The van der Waals surface area contributed by atoms with E-state index in [1.165, 1.54) is 6.20 Å². The quantitative estimate of drug-likeness (QED) is 0.914. The fraction of sp³-hybridized carbons (Fsp3) is 0.250. The highest BCUT2D eigenvalue weighted by molar-refractivity contribution is 5.93. The van der Waals surface area contributed by atoms with Crippen molar-refractivity contribution in [3.05, 3.63) is 54.1 Å². The molecule has 7 nitrogen and oxygen atoms in total. The Morgan fingerprint density at radius 1 is 0.913 bits per heavy atom. The fourth-order valence-electron chi connectivity index (χ4n) is 2.52. The second-order valence-corrected chi connectivity index (χ2v) is 5.21. The Balaban J connectivity index is 1.63. The molecule has 1 aliphatic rings. The highest BCUT2D eigenvalue weighted by atomic mass is 16.4. The number of hydrogen-bond donors (Lipinski definition) is 1. The van der Waals surface area contributed by atoms with Crippen molar-refractivity contribution in [3.8, 4) is 0 Å². The molecule has 1 aliphatic heterocycles. The van der Waals surface area contributed by atoms with Crippen LogP contribution in [0.3, 0.4) is 0 Å². The maximum absolute atomic E-state index is 12.4. The molecule has 0 atom stereocenters. The van der Waals surface area contributed by atoms with Gasteiger partial charge >= 0.3 is 5.97 Å². The molecular weight excluding hydrogens is 296 g/mol. The van der Waals surface area contributed by atoms with Crippen LogP contribution in [-0.2, 0) is 0 Å². The first-order chi connectivity index (χ1) is 11.1. The standard InChI is InChI=1S/C16H16N4O3/c21-15(13-10-18-14(11-17-13)16(22)23)20-8-6-19(7-9-20)12-4-2-1-3-5-12/h1-5,10-11H,6-9H2,(H,22,23). The number of aromatic carboxylic acids is 1. The fourth-order valence-corrected chi connectivity index (χ4v) is 2.52. The van der Waals surface area contributed by atoms with Crippen LogP contribution in [0.25, 0.3) is 0 Å². The van der Waals surface area contributed by atoms with Crippen molar-refractivity contribution in [3.63, 3.8) is 0 Å². The largest absolute Gasteiger partial charge is 0.476 e. The Morgan fingerprint density at radius 3 is 2.09 bits per heavy atom. The highest BCUT2D eigenvalue weighted by Crippen LogP contribution is 2.16. The van der Waals surface area contributed by atoms with E-state index in [1.807, 2.05) is 30.3 Å². The molecule has 0 unspecified atom stereocenters. The molecule has 1 aromatic heterocycles. The molecular formula is C16H16N4O3. The van der Waals surface area contributed by atoms with Gasteiger partial charge in [-0.15, -0.1) is 0 Å². The first-order valence-corrected chi connectivity index (χ1v) is 7.30. The van der Waals surface area contributed by atoms with E-state index in [4.69, 9.17) is 5.11 Å². The van der Waals surface area contributed by atoms with Crippen LogP contribution in [0.4, 0.5) is 5.69 Å². The number of carboxylic acid groups (broad SMARTS) is 1. The third-order valence-corrected chi connectivity index (χ3v) is 3.78. The molecule has 1 amide bonds. The van der Waals surface area contributed by atoms with E-state index in [9.17, 15) is 9.59 Å². The summed E-state index contributed by atoms with van der Waals surface area (Å²) < 4.78 is 0. The van der Waals surface area contributed by atoms with Gasteiger partial charge in [-0.2, -0.15) is 0 Å². The lowest BCUT2D eigenvalue weighted by Crippen LogP contribution is -2.49. The number of carbonyl (C=O) groups is 2. The zero-order valence-corrected chi connectivity index (χ0v) is 12.4. The number of rotatable bonds is 3. The third-order valence-electron chi connectivity index (χ3n) is 3.78. The van der Waals surface area contributed by atoms with E-state index in [2.05, 4.69) is 14.9 Å². The van der Waals surface area contributed by atoms with Gasteiger partial charge in [-0.05, 0) is 12.1 Å². The van der Waals surface area contributed by atoms with Crippen LogP contribution in [0.1, 0.15) is 21.0 Å². The molecule has 1 aromatic carbocycles. The summed E-state index contributed by atoms with van der Waals surface area (Å²) in [6, 6.07) is 10.1. The molecule has 1 N–H and O–H groups in total. The minimum Gasteiger partial charge on any atom is -0.476 e. The number of amides is 1. The van der Waals surface area contributed by atoms with Crippen molar-refractivity contribution in [1.82, 2.24) is 14.9 Å². The number of carbonyl (C=O) groups excluding carboxylic acids is 1. The van der Waals surface area contributed by atoms with Crippen LogP contribution in [0.2, 0.25) is 0 Å². The summed E-state index contributed by atoms with van der Waals surface area (Å²) in [5, 5.41) is 8.80. The topological polar surface area (TPSA) is 86.6 Å². The van der Waals surface area contributed by atoms with E-state index in [0.29, 0.717) is 13.1 Å². The maximum atomic E-state index is 12.4. The predicted octanol–water partition coefficient (Wildman–Crippen LogP) is 1.14. The van der Waals surface area contributed by atoms with Crippen molar-refractivity contribution in [2.75, 3.05) is 31.1 Å². The lowest BCUT2D eigenvalue weighted by atomic mass is 10.2. The van der Waals surface area contributed by atoms with Crippen LogP contribution < -0.4 is 4.90 Å². The third kappa shape index (κ3) is 3.28. The van der Waals surface area contributed by atoms with Crippen molar-refractivity contribution in [2.45, 2.75) is 0 Å². The Labute approximate surface area is 133 Å². The normalized spacial score (nSPS) is 14.6. The lowest BCUT2D eigenvalue weighted by Gasteiger charge is -2.35. The lowest BCUT2D eigenvalue weighted by molar-refractivity contribution is 0.0684. The Morgan fingerprint density at radius 2 is 1.52 bits per heavy atom. The van der Waals surface area contributed by atoms with Crippen LogP contribution in [-0.4, -0.2) is 58.0 Å². The van der Waals surface area contributed by atoms with Crippen molar-refractivity contribution in [2.24, 2.45) is 0 Å². The Kier molecular flexibility index (Phi) is 4.18. The summed E-state index contributed by atoms with van der Waals surface area (Å²) in [6.07, 6.45) is 2.32. The predicted molar refractivity (Wildman–Crippen MR) is 83.5 cm³/mol. The zero-order chi connectivity index (χ0) is 16.2.